The van der Waals surface area contributed by atoms with Crippen molar-refractivity contribution in [1.82, 2.24) is 10.6 Å². The molecule has 0 saturated carbocycles. The quantitative estimate of drug-likeness (QED) is 0.291. The van der Waals surface area contributed by atoms with E-state index in [0.29, 0.717) is 5.96 Å². The zero-order valence-corrected chi connectivity index (χ0v) is 8.43. The van der Waals surface area contributed by atoms with E-state index in [1.807, 2.05) is 0 Å². The maximum Gasteiger partial charge on any atom is 0.209 e. The zero-order chi connectivity index (χ0) is 9.94. The second-order valence-electron chi connectivity index (χ2n) is 2.80. The zero-order valence-electron chi connectivity index (χ0n) is 8.43. The van der Waals surface area contributed by atoms with Crippen LogP contribution in [-0.2, 0) is 0 Å². The predicted octanol–water partition coefficient (Wildman–Crippen LogP) is 1.21. The molecule has 0 fully saturated rings. The molecular weight excluding hydrogens is 164 g/mol. The van der Waals surface area contributed by atoms with Crippen LogP contribution in [0.2, 0.25) is 0 Å². The first-order chi connectivity index (χ1) is 6.35. The minimum Gasteiger partial charge on any atom is -0.359 e. The number of aliphatic imine (C=N–C) groups is 1. The summed E-state index contributed by atoms with van der Waals surface area (Å²) in [7, 11) is 1.75. The molecule has 0 bridgehead atoms. The summed E-state index contributed by atoms with van der Waals surface area (Å²) in [6.45, 7) is 3.06. The van der Waals surface area contributed by atoms with E-state index >= 15 is 0 Å². The maximum absolute atomic E-state index is 8.29. The van der Waals surface area contributed by atoms with Crippen molar-refractivity contribution < 1.29 is 0 Å². The Kier molecular flexibility index (Phi) is 8.01. The highest BCUT2D eigenvalue weighted by Crippen LogP contribution is 1.96. The maximum atomic E-state index is 8.29. The van der Waals surface area contributed by atoms with Gasteiger partial charge >= 0.3 is 0 Å². The molecule has 0 aromatic rings. The van der Waals surface area contributed by atoms with Crippen molar-refractivity contribution in [2.24, 2.45) is 4.99 Å². The SMILES string of the molecule is CCCCCCN/C(=N/C#N)NC. The average Bonchev–Trinajstić information content (AvgIpc) is 2.16. The molecule has 4 heteroatoms. The summed E-state index contributed by atoms with van der Waals surface area (Å²) in [5.74, 6) is 0.555. The second kappa shape index (κ2) is 8.85. The molecule has 0 unspecified atom stereocenters. The lowest BCUT2D eigenvalue weighted by Crippen LogP contribution is -2.35. The monoisotopic (exact) mass is 182 g/mol. The highest BCUT2D eigenvalue weighted by molar-refractivity contribution is 5.80. The first-order valence-corrected chi connectivity index (χ1v) is 4.73. The van der Waals surface area contributed by atoms with Gasteiger partial charge in [-0.05, 0) is 6.42 Å². The third kappa shape index (κ3) is 7.13. The Morgan fingerprint density at radius 3 is 2.69 bits per heavy atom. The van der Waals surface area contributed by atoms with E-state index in [1.165, 1.54) is 19.3 Å². The number of hydrogen-bond donors (Lipinski definition) is 2. The number of rotatable bonds is 5. The molecule has 0 aliphatic heterocycles. The van der Waals surface area contributed by atoms with Crippen molar-refractivity contribution in [2.75, 3.05) is 13.6 Å². The molecule has 0 aromatic carbocycles. The van der Waals surface area contributed by atoms with Crippen LogP contribution >= 0.6 is 0 Å². The molecule has 0 heterocycles. The van der Waals surface area contributed by atoms with Crippen molar-refractivity contribution in [3.05, 3.63) is 0 Å². The summed E-state index contributed by atoms with van der Waals surface area (Å²) >= 11 is 0. The molecule has 0 rings (SSSR count). The van der Waals surface area contributed by atoms with E-state index in [-0.39, 0.29) is 0 Å². The normalized spacial score (nSPS) is 10.7. The van der Waals surface area contributed by atoms with Gasteiger partial charge in [0.15, 0.2) is 0 Å². The third-order valence-corrected chi connectivity index (χ3v) is 1.72. The molecule has 0 atom stereocenters. The van der Waals surface area contributed by atoms with Gasteiger partial charge in [-0.2, -0.15) is 5.26 Å². The molecule has 0 aliphatic rings. The summed E-state index contributed by atoms with van der Waals surface area (Å²) in [6, 6.07) is 0. The van der Waals surface area contributed by atoms with Crippen molar-refractivity contribution in [3.63, 3.8) is 0 Å². The van der Waals surface area contributed by atoms with Crippen molar-refractivity contribution in [3.8, 4) is 6.19 Å². The smallest absolute Gasteiger partial charge is 0.209 e. The van der Waals surface area contributed by atoms with Crippen LogP contribution in [0.3, 0.4) is 0 Å². The Morgan fingerprint density at radius 2 is 2.15 bits per heavy atom. The number of nitrogens with zero attached hydrogens (tertiary/aromatic N) is 2. The lowest BCUT2D eigenvalue weighted by Gasteiger charge is -2.06. The van der Waals surface area contributed by atoms with Crippen LogP contribution in [0.4, 0.5) is 0 Å². The van der Waals surface area contributed by atoms with Crippen LogP contribution in [0, 0.1) is 11.5 Å². The molecule has 74 valence electrons. The van der Waals surface area contributed by atoms with E-state index in [9.17, 15) is 0 Å². The van der Waals surface area contributed by atoms with Crippen LogP contribution in [0.5, 0.6) is 0 Å². The minimum atomic E-state index is 0.555. The lowest BCUT2D eigenvalue weighted by atomic mass is 10.2. The van der Waals surface area contributed by atoms with E-state index in [4.69, 9.17) is 5.26 Å². The summed E-state index contributed by atoms with van der Waals surface area (Å²) in [5, 5.41) is 14.1. The first kappa shape index (κ1) is 11.8. The lowest BCUT2D eigenvalue weighted by molar-refractivity contribution is 0.650. The number of nitriles is 1. The fraction of sp³-hybridized carbons (Fsp3) is 0.778. The van der Waals surface area contributed by atoms with Crippen molar-refractivity contribution in [2.45, 2.75) is 32.6 Å². The van der Waals surface area contributed by atoms with Gasteiger partial charge in [0.1, 0.15) is 0 Å². The average molecular weight is 182 g/mol. The van der Waals surface area contributed by atoms with Gasteiger partial charge in [-0.1, -0.05) is 26.2 Å². The number of nitrogens with one attached hydrogen (secondary N) is 2. The van der Waals surface area contributed by atoms with Crippen molar-refractivity contribution in [1.29, 1.82) is 5.26 Å². The summed E-state index contributed by atoms with van der Waals surface area (Å²) in [5.41, 5.74) is 0. The highest BCUT2D eigenvalue weighted by atomic mass is 15.2. The Labute approximate surface area is 80.0 Å². The summed E-state index contributed by atoms with van der Waals surface area (Å²) in [6.07, 6.45) is 6.60. The summed E-state index contributed by atoms with van der Waals surface area (Å²) in [4.78, 5) is 3.56. The van der Waals surface area contributed by atoms with Gasteiger partial charge < -0.3 is 10.6 Å². The molecule has 0 aliphatic carbocycles. The van der Waals surface area contributed by atoms with Gasteiger partial charge in [0, 0.05) is 13.6 Å². The van der Waals surface area contributed by atoms with Crippen LogP contribution in [0.15, 0.2) is 4.99 Å². The minimum absolute atomic E-state index is 0.555. The summed E-state index contributed by atoms with van der Waals surface area (Å²) < 4.78 is 0. The molecule has 0 radical (unpaired) electrons. The van der Waals surface area contributed by atoms with Gasteiger partial charge in [-0.3, -0.25) is 0 Å². The second-order valence-corrected chi connectivity index (χ2v) is 2.80. The topological polar surface area (TPSA) is 60.2 Å². The Morgan fingerprint density at radius 1 is 1.38 bits per heavy atom. The van der Waals surface area contributed by atoms with Crippen LogP contribution < -0.4 is 10.6 Å². The molecular formula is C9H18N4. The molecule has 2 N–H and O–H groups in total. The molecule has 0 amide bonds. The number of hydrogen-bond acceptors (Lipinski definition) is 2. The van der Waals surface area contributed by atoms with E-state index in [1.54, 1.807) is 13.2 Å². The fourth-order valence-electron chi connectivity index (χ4n) is 0.992. The first-order valence-electron chi connectivity index (χ1n) is 4.73. The van der Waals surface area contributed by atoms with Gasteiger partial charge in [-0.25, -0.2) is 0 Å². The Hall–Kier alpha value is -1.24. The standard InChI is InChI=1S/C9H18N4/c1-3-4-5-6-7-12-9(11-2)13-8-10/h3-7H2,1-2H3,(H2,11,12,13). The molecule has 0 spiro atoms. The predicted molar refractivity (Wildman–Crippen MR) is 54.3 cm³/mol. The van der Waals surface area contributed by atoms with Crippen molar-refractivity contribution >= 4 is 5.96 Å². The van der Waals surface area contributed by atoms with E-state index in [0.717, 1.165) is 13.0 Å². The Balaban J connectivity index is 3.40. The highest BCUT2D eigenvalue weighted by Gasteiger charge is 1.92. The van der Waals surface area contributed by atoms with Gasteiger partial charge in [0.05, 0.1) is 0 Å². The number of unbranched alkanes of at least 4 members (excludes halogenated alkanes) is 3. The molecule has 0 aromatic heterocycles. The fourth-order valence-corrected chi connectivity index (χ4v) is 0.992. The van der Waals surface area contributed by atoms with Crippen LogP contribution in [-0.4, -0.2) is 19.6 Å². The van der Waals surface area contributed by atoms with Crippen LogP contribution in [0.1, 0.15) is 32.6 Å². The third-order valence-electron chi connectivity index (χ3n) is 1.72. The largest absolute Gasteiger partial charge is 0.359 e. The van der Waals surface area contributed by atoms with Gasteiger partial charge in [0.2, 0.25) is 12.2 Å². The van der Waals surface area contributed by atoms with E-state index < -0.39 is 0 Å². The molecule has 13 heavy (non-hydrogen) atoms. The van der Waals surface area contributed by atoms with Gasteiger partial charge in [0.25, 0.3) is 0 Å². The molecule has 4 nitrogen and oxygen atoms in total. The number of guanidine groups is 1. The molecule has 0 saturated heterocycles. The van der Waals surface area contributed by atoms with E-state index in [2.05, 4.69) is 22.5 Å². The van der Waals surface area contributed by atoms with Gasteiger partial charge in [-0.15, -0.1) is 4.99 Å². The van der Waals surface area contributed by atoms with Crippen LogP contribution in [0.25, 0.3) is 0 Å². The Bertz CT molecular complexity index is 181.